The number of carbonyl (C=O) groups is 2. The van der Waals surface area contributed by atoms with Crippen molar-refractivity contribution in [2.45, 2.75) is 13.8 Å². The van der Waals surface area contributed by atoms with Crippen LogP contribution in [0, 0.1) is 13.8 Å². The van der Waals surface area contributed by atoms with Crippen LogP contribution < -0.4 is 10.6 Å². The molecular formula is C15H15N3O3. The number of carbonyl (C=O) groups excluding carboxylic acids is 1. The molecule has 0 aliphatic carbocycles. The smallest absolute Gasteiger partial charge is 0.338 e. The van der Waals surface area contributed by atoms with E-state index in [2.05, 4.69) is 15.6 Å². The molecule has 2 aromatic rings. The van der Waals surface area contributed by atoms with Gasteiger partial charge < -0.3 is 15.7 Å². The highest BCUT2D eigenvalue weighted by Crippen LogP contribution is 2.20. The van der Waals surface area contributed by atoms with E-state index in [-0.39, 0.29) is 11.3 Å². The first kappa shape index (κ1) is 14.5. The van der Waals surface area contributed by atoms with Gasteiger partial charge in [-0.3, -0.25) is 4.98 Å². The second-order valence-corrected chi connectivity index (χ2v) is 4.63. The first-order valence-electron chi connectivity index (χ1n) is 6.30. The average Bonchev–Trinajstić information content (AvgIpc) is 2.37. The van der Waals surface area contributed by atoms with Gasteiger partial charge in [-0.15, -0.1) is 0 Å². The molecule has 1 aromatic heterocycles. The van der Waals surface area contributed by atoms with E-state index < -0.39 is 12.0 Å². The molecule has 108 valence electrons. The van der Waals surface area contributed by atoms with Gasteiger partial charge in [0.1, 0.15) is 0 Å². The van der Waals surface area contributed by atoms with Crippen molar-refractivity contribution >= 4 is 23.4 Å². The molecule has 0 unspecified atom stereocenters. The fraction of sp³-hybridized carbons (Fsp3) is 0.133. The van der Waals surface area contributed by atoms with E-state index in [1.807, 2.05) is 6.92 Å². The summed E-state index contributed by atoms with van der Waals surface area (Å²) >= 11 is 0. The van der Waals surface area contributed by atoms with Crippen molar-refractivity contribution in [1.82, 2.24) is 4.98 Å². The largest absolute Gasteiger partial charge is 0.478 e. The van der Waals surface area contributed by atoms with Gasteiger partial charge in [0, 0.05) is 6.20 Å². The third kappa shape index (κ3) is 3.56. The molecule has 0 aliphatic heterocycles. The first-order valence-corrected chi connectivity index (χ1v) is 6.30. The number of urea groups is 1. The van der Waals surface area contributed by atoms with Gasteiger partial charge in [0.15, 0.2) is 0 Å². The van der Waals surface area contributed by atoms with Gasteiger partial charge in [-0.05, 0) is 37.1 Å². The lowest BCUT2D eigenvalue weighted by atomic mass is 10.1. The number of aryl methyl sites for hydroxylation is 2. The Morgan fingerprint density at radius 1 is 1.14 bits per heavy atom. The van der Waals surface area contributed by atoms with Crippen molar-refractivity contribution < 1.29 is 14.7 Å². The molecule has 21 heavy (non-hydrogen) atoms. The normalized spacial score (nSPS) is 10.0. The molecule has 0 fully saturated rings. The zero-order valence-corrected chi connectivity index (χ0v) is 11.7. The van der Waals surface area contributed by atoms with Crippen LogP contribution in [-0.4, -0.2) is 22.1 Å². The Hall–Kier alpha value is -2.89. The van der Waals surface area contributed by atoms with Crippen molar-refractivity contribution in [3.63, 3.8) is 0 Å². The molecule has 2 amide bonds. The van der Waals surface area contributed by atoms with Crippen LogP contribution >= 0.6 is 0 Å². The highest BCUT2D eigenvalue weighted by atomic mass is 16.4. The summed E-state index contributed by atoms with van der Waals surface area (Å²) in [6.45, 7) is 3.54. The van der Waals surface area contributed by atoms with E-state index in [1.165, 1.54) is 6.20 Å². The van der Waals surface area contributed by atoms with Crippen LogP contribution in [0.25, 0.3) is 0 Å². The maximum absolute atomic E-state index is 11.9. The Morgan fingerprint density at radius 2 is 1.90 bits per heavy atom. The first-order chi connectivity index (χ1) is 9.97. The minimum atomic E-state index is -1.08. The number of nitrogens with zero attached hydrogens (tertiary/aromatic N) is 1. The Kier molecular flexibility index (Phi) is 4.18. The van der Waals surface area contributed by atoms with Crippen molar-refractivity contribution in [3.05, 3.63) is 53.3 Å². The number of rotatable bonds is 3. The monoisotopic (exact) mass is 285 g/mol. The van der Waals surface area contributed by atoms with E-state index in [0.29, 0.717) is 11.3 Å². The second-order valence-electron chi connectivity index (χ2n) is 4.63. The minimum absolute atomic E-state index is 0.0787. The van der Waals surface area contributed by atoms with Crippen LogP contribution in [-0.2, 0) is 0 Å². The Labute approximate surface area is 121 Å². The Morgan fingerprint density at radius 3 is 2.57 bits per heavy atom. The van der Waals surface area contributed by atoms with E-state index >= 15 is 0 Å². The summed E-state index contributed by atoms with van der Waals surface area (Å²) in [5.74, 6) is -1.08. The molecule has 0 saturated carbocycles. The number of hydrogen-bond donors (Lipinski definition) is 3. The van der Waals surface area contributed by atoms with Gasteiger partial charge in [0.05, 0.1) is 23.1 Å². The third-order valence-corrected chi connectivity index (χ3v) is 2.87. The topological polar surface area (TPSA) is 91.3 Å². The summed E-state index contributed by atoms with van der Waals surface area (Å²) in [7, 11) is 0. The number of nitrogens with one attached hydrogen (secondary N) is 2. The lowest BCUT2D eigenvalue weighted by Gasteiger charge is -2.11. The number of benzene rings is 1. The summed E-state index contributed by atoms with van der Waals surface area (Å²) in [5, 5.41) is 14.4. The van der Waals surface area contributed by atoms with Gasteiger partial charge >= 0.3 is 12.0 Å². The average molecular weight is 285 g/mol. The molecule has 1 aromatic carbocycles. The van der Waals surface area contributed by atoms with Crippen LogP contribution in [0.3, 0.4) is 0 Å². The van der Waals surface area contributed by atoms with Gasteiger partial charge in [-0.2, -0.15) is 0 Å². The predicted molar refractivity (Wildman–Crippen MR) is 79.8 cm³/mol. The Balaban J connectivity index is 2.17. The maximum atomic E-state index is 11.9. The molecule has 2 rings (SSSR count). The number of carboxylic acid groups (broad SMARTS) is 1. The van der Waals surface area contributed by atoms with Crippen molar-refractivity contribution in [2.75, 3.05) is 10.6 Å². The number of pyridine rings is 1. The molecule has 0 atom stereocenters. The Bertz CT molecular complexity index is 698. The zero-order chi connectivity index (χ0) is 15.4. The third-order valence-electron chi connectivity index (χ3n) is 2.87. The summed E-state index contributed by atoms with van der Waals surface area (Å²) in [4.78, 5) is 27.1. The number of carboxylic acids is 1. The minimum Gasteiger partial charge on any atom is -0.478 e. The van der Waals surface area contributed by atoms with E-state index in [9.17, 15) is 14.7 Å². The fourth-order valence-electron chi connectivity index (χ4n) is 1.96. The van der Waals surface area contributed by atoms with Gasteiger partial charge in [0.2, 0.25) is 0 Å². The fourth-order valence-corrected chi connectivity index (χ4v) is 1.96. The lowest BCUT2D eigenvalue weighted by Crippen LogP contribution is -2.21. The molecule has 1 heterocycles. The van der Waals surface area contributed by atoms with Crippen LogP contribution in [0.1, 0.15) is 21.5 Å². The summed E-state index contributed by atoms with van der Waals surface area (Å²) in [6.07, 6.45) is 3.19. The van der Waals surface area contributed by atoms with Crippen molar-refractivity contribution in [3.8, 4) is 0 Å². The predicted octanol–water partition coefficient (Wildman–Crippen LogP) is 3.04. The lowest BCUT2D eigenvalue weighted by molar-refractivity contribution is 0.0697. The maximum Gasteiger partial charge on any atom is 0.338 e. The van der Waals surface area contributed by atoms with E-state index in [0.717, 1.165) is 5.56 Å². The van der Waals surface area contributed by atoms with Crippen LogP contribution in [0.5, 0.6) is 0 Å². The SMILES string of the molecule is Cc1cncc(NC(=O)Nc2cccc(C)c2C(=O)O)c1. The summed E-state index contributed by atoms with van der Waals surface area (Å²) in [6, 6.07) is 6.16. The van der Waals surface area contributed by atoms with Gasteiger partial charge in [0.25, 0.3) is 0 Å². The zero-order valence-electron chi connectivity index (χ0n) is 11.7. The highest BCUT2D eigenvalue weighted by Gasteiger charge is 2.14. The molecular weight excluding hydrogens is 270 g/mol. The van der Waals surface area contributed by atoms with Crippen molar-refractivity contribution in [1.29, 1.82) is 0 Å². The van der Waals surface area contributed by atoms with Gasteiger partial charge in [-0.1, -0.05) is 12.1 Å². The molecule has 0 bridgehead atoms. The summed E-state index contributed by atoms with van der Waals surface area (Å²) in [5.41, 5.74) is 2.36. The van der Waals surface area contributed by atoms with Crippen LogP contribution in [0.15, 0.2) is 36.7 Å². The summed E-state index contributed by atoms with van der Waals surface area (Å²) < 4.78 is 0. The van der Waals surface area contributed by atoms with E-state index in [4.69, 9.17) is 0 Å². The van der Waals surface area contributed by atoms with Crippen LogP contribution in [0.2, 0.25) is 0 Å². The molecule has 0 spiro atoms. The molecule has 6 heteroatoms. The van der Waals surface area contributed by atoms with E-state index in [1.54, 1.807) is 37.4 Å². The number of anilines is 2. The second kappa shape index (κ2) is 6.04. The molecule has 3 N–H and O–H groups in total. The highest BCUT2D eigenvalue weighted by molar-refractivity contribution is 6.05. The molecule has 6 nitrogen and oxygen atoms in total. The molecule has 0 saturated heterocycles. The number of amides is 2. The number of hydrogen-bond acceptors (Lipinski definition) is 3. The van der Waals surface area contributed by atoms with Gasteiger partial charge in [-0.25, -0.2) is 9.59 Å². The number of aromatic nitrogens is 1. The molecule has 0 aliphatic rings. The van der Waals surface area contributed by atoms with Crippen molar-refractivity contribution in [2.24, 2.45) is 0 Å². The number of aromatic carboxylic acids is 1. The standard InChI is InChI=1S/C15H15N3O3/c1-9-6-11(8-16-7-9)17-15(21)18-12-5-3-4-10(2)13(12)14(19)20/h3-8H,1-2H3,(H,19,20)(H2,17,18,21). The van der Waals surface area contributed by atoms with Crippen LogP contribution in [0.4, 0.5) is 16.2 Å². The quantitative estimate of drug-likeness (QED) is 0.808. The molecule has 0 radical (unpaired) electrons.